The number of hydrogen-bond acceptors (Lipinski definition) is 3. The molecule has 2 N–H and O–H groups in total. The van der Waals surface area contributed by atoms with E-state index in [1.54, 1.807) is 55.5 Å². The Hall–Kier alpha value is -3.17. The van der Waals surface area contributed by atoms with Crippen LogP contribution in [0.4, 0.5) is 10.5 Å². The maximum absolute atomic E-state index is 14.4. The first kappa shape index (κ1) is 21.5. The number of rotatable bonds is 5. The second-order valence-corrected chi connectivity index (χ2v) is 9.83. The van der Waals surface area contributed by atoms with E-state index in [2.05, 4.69) is 10.6 Å². The zero-order valence-corrected chi connectivity index (χ0v) is 18.4. The second-order valence-electron chi connectivity index (χ2n) is 7.18. The molecule has 30 heavy (non-hydrogen) atoms. The minimum atomic E-state index is -3.63. The van der Waals surface area contributed by atoms with Gasteiger partial charge in [0.2, 0.25) is 12.7 Å². The summed E-state index contributed by atoms with van der Waals surface area (Å²) in [5.41, 5.74) is 2.66. The van der Waals surface area contributed by atoms with E-state index in [1.165, 1.54) is 7.05 Å². The van der Waals surface area contributed by atoms with Crippen molar-refractivity contribution < 1.29 is 14.2 Å². The molecular formula is C24H25N2O3P. The van der Waals surface area contributed by atoms with Crippen LogP contribution in [0.15, 0.2) is 66.7 Å². The maximum Gasteiger partial charge on any atom is 0.318 e. The predicted octanol–water partition coefficient (Wildman–Crippen LogP) is 4.52. The Morgan fingerprint density at radius 2 is 1.30 bits per heavy atom. The molecule has 3 aromatic carbocycles. The van der Waals surface area contributed by atoms with E-state index in [0.29, 0.717) is 27.4 Å². The highest BCUT2D eigenvalue weighted by Gasteiger charge is 2.38. The van der Waals surface area contributed by atoms with Crippen LogP contribution >= 0.6 is 7.14 Å². The summed E-state index contributed by atoms with van der Waals surface area (Å²) < 4.78 is 14.4. The Morgan fingerprint density at radius 1 is 0.800 bits per heavy atom. The average molecular weight is 420 g/mol. The zero-order valence-electron chi connectivity index (χ0n) is 17.5. The number of benzene rings is 3. The molecule has 6 heteroatoms. The Labute approximate surface area is 176 Å². The highest BCUT2D eigenvalue weighted by Crippen LogP contribution is 2.48. The summed E-state index contributed by atoms with van der Waals surface area (Å²) in [5, 5.41) is 6.29. The van der Waals surface area contributed by atoms with Crippen LogP contribution in [0.1, 0.15) is 27.0 Å². The van der Waals surface area contributed by atoms with Crippen LogP contribution in [0.5, 0.6) is 0 Å². The minimum Gasteiger partial charge on any atom is -0.341 e. The molecule has 5 nitrogen and oxygen atoms in total. The van der Waals surface area contributed by atoms with E-state index in [0.717, 1.165) is 11.1 Å². The number of carbonyl (C=O) groups is 2. The number of hydrogen-bond donors (Lipinski definition) is 2. The van der Waals surface area contributed by atoms with Crippen molar-refractivity contribution in [2.45, 2.75) is 20.8 Å². The summed E-state index contributed by atoms with van der Waals surface area (Å²) in [7, 11) is -2.11. The first-order valence-corrected chi connectivity index (χ1v) is 11.4. The first-order chi connectivity index (χ1) is 14.3. The molecule has 0 fully saturated rings. The monoisotopic (exact) mass is 420 g/mol. The summed E-state index contributed by atoms with van der Waals surface area (Å²) in [5.74, 6) is 0. The van der Waals surface area contributed by atoms with Gasteiger partial charge in [0.25, 0.3) is 0 Å². The largest absolute Gasteiger partial charge is 0.341 e. The predicted molar refractivity (Wildman–Crippen MR) is 123 cm³/mol. The quantitative estimate of drug-likeness (QED) is 0.596. The summed E-state index contributed by atoms with van der Waals surface area (Å²) in [4.78, 5) is 25.9. The van der Waals surface area contributed by atoms with Gasteiger partial charge in [-0.2, -0.15) is 0 Å². The number of anilines is 1. The highest BCUT2D eigenvalue weighted by molar-refractivity contribution is 7.93. The summed E-state index contributed by atoms with van der Waals surface area (Å²) >= 11 is 0. The summed E-state index contributed by atoms with van der Waals surface area (Å²) in [6.45, 7) is 5.48. The molecular weight excluding hydrogens is 395 g/mol. The topological polar surface area (TPSA) is 75.3 Å². The van der Waals surface area contributed by atoms with Crippen molar-refractivity contribution in [1.29, 1.82) is 0 Å². The van der Waals surface area contributed by atoms with Gasteiger partial charge >= 0.3 is 6.03 Å². The lowest BCUT2D eigenvalue weighted by atomic mass is 9.98. The molecule has 0 radical (unpaired) electrons. The molecule has 154 valence electrons. The molecule has 0 saturated heterocycles. The van der Waals surface area contributed by atoms with Gasteiger partial charge in [-0.1, -0.05) is 66.7 Å². The lowest BCUT2D eigenvalue weighted by molar-refractivity contribution is 0.107. The fourth-order valence-electron chi connectivity index (χ4n) is 3.70. The molecule has 0 saturated carbocycles. The molecule has 0 aliphatic carbocycles. The fourth-order valence-corrected chi connectivity index (χ4v) is 6.31. The van der Waals surface area contributed by atoms with Gasteiger partial charge in [0.05, 0.1) is 0 Å². The molecule has 0 atom stereocenters. The fraction of sp³-hybridized carbons (Fsp3) is 0.167. The van der Waals surface area contributed by atoms with Crippen molar-refractivity contribution >= 4 is 35.0 Å². The van der Waals surface area contributed by atoms with Crippen LogP contribution < -0.4 is 21.2 Å². The van der Waals surface area contributed by atoms with Crippen molar-refractivity contribution in [3.05, 3.63) is 89.0 Å². The third-order valence-corrected chi connectivity index (χ3v) is 8.02. The van der Waals surface area contributed by atoms with Crippen molar-refractivity contribution in [3.8, 4) is 0 Å². The Morgan fingerprint density at radius 3 is 1.77 bits per heavy atom. The van der Waals surface area contributed by atoms with Crippen molar-refractivity contribution in [2.24, 2.45) is 0 Å². The SMILES string of the molecule is CNC(=O)Nc1c(C)cc(C)c(C(=O)P(=O)(c2ccccc2)c2ccccc2)c1C. The van der Waals surface area contributed by atoms with Crippen LogP contribution in [-0.2, 0) is 4.57 Å². The van der Waals surface area contributed by atoms with E-state index in [4.69, 9.17) is 0 Å². The van der Waals surface area contributed by atoms with Crippen LogP contribution in [0, 0.1) is 20.8 Å². The molecule has 3 rings (SSSR count). The van der Waals surface area contributed by atoms with E-state index >= 15 is 0 Å². The van der Waals surface area contributed by atoms with Crippen LogP contribution in [0.2, 0.25) is 0 Å². The van der Waals surface area contributed by atoms with Gasteiger partial charge < -0.3 is 15.2 Å². The normalized spacial score (nSPS) is 11.1. The van der Waals surface area contributed by atoms with Crippen molar-refractivity contribution in [2.75, 3.05) is 12.4 Å². The molecule has 0 unspecified atom stereocenters. The van der Waals surface area contributed by atoms with E-state index in [1.807, 2.05) is 32.0 Å². The lowest BCUT2D eigenvalue weighted by Crippen LogP contribution is -2.27. The van der Waals surface area contributed by atoms with Gasteiger partial charge in [-0.3, -0.25) is 4.79 Å². The van der Waals surface area contributed by atoms with Crippen LogP contribution in [-0.4, -0.2) is 18.6 Å². The van der Waals surface area contributed by atoms with Crippen LogP contribution in [0.3, 0.4) is 0 Å². The lowest BCUT2D eigenvalue weighted by Gasteiger charge is -2.22. The number of carbonyl (C=O) groups excluding carboxylic acids is 2. The second kappa shape index (κ2) is 8.68. The number of nitrogens with one attached hydrogen (secondary N) is 2. The summed E-state index contributed by atoms with van der Waals surface area (Å²) in [6.07, 6.45) is 0. The third kappa shape index (κ3) is 3.81. The standard InChI is InChI=1S/C24H25N2O3P/c1-16-15-17(2)22(26-24(28)25-4)18(3)21(16)23(27)30(29,19-11-7-5-8-12-19)20-13-9-6-10-14-20/h5-15H,1-4H3,(H2,25,26,28). The molecule has 0 heterocycles. The Balaban J connectivity index is 2.26. The molecule has 2 amide bonds. The molecule has 0 aliphatic heterocycles. The van der Waals surface area contributed by atoms with Gasteiger partial charge in [-0.05, 0) is 37.5 Å². The number of amides is 2. The average Bonchev–Trinajstić information content (AvgIpc) is 2.76. The maximum atomic E-state index is 14.4. The highest BCUT2D eigenvalue weighted by atomic mass is 31.2. The Kier molecular flexibility index (Phi) is 6.23. The van der Waals surface area contributed by atoms with Gasteiger partial charge in [0.1, 0.15) is 0 Å². The van der Waals surface area contributed by atoms with Gasteiger partial charge in [-0.15, -0.1) is 0 Å². The van der Waals surface area contributed by atoms with Gasteiger partial charge in [0.15, 0.2) is 0 Å². The number of urea groups is 1. The summed E-state index contributed by atoms with van der Waals surface area (Å²) in [6, 6.07) is 19.2. The van der Waals surface area contributed by atoms with Crippen molar-refractivity contribution in [3.63, 3.8) is 0 Å². The van der Waals surface area contributed by atoms with E-state index in [-0.39, 0.29) is 6.03 Å². The molecule has 0 bridgehead atoms. The van der Waals surface area contributed by atoms with E-state index in [9.17, 15) is 14.2 Å². The minimum absolute atomic E-state index is 0.377. The molecule has 0 aliphatic rings. The van der Waals surface area contributed by atoms with Gasteiger partial charge in [0, 0.05) is 28.9 Å². The smallest absolute Gasteiger partial charge is 0.318 e. The Bertz CT molecular complexity index is 1100. The third-order valence-electron chi connectivity index (χ3n) is 5.18. The molecule has 0 aromatic heterocycles. The van der Waals surface area contributed by atoms with Gasteiger partial charge in [-0.25, -0.2) is 4.79 Å². The van der Waals surface area contributed by atoms with Crippen molar-refractivity contribution in [1.82, 2.24) is 5.32 Å². The molecule has 3 aromatic rings. The van der Waals surface area contributed by atoms with E-state index < -0.39 is 12.7 Å². The number of aryl methyl sites for hydroxylation is 2. The molecule has 0 spiro atoms. The first-order valence-electron chi connectivity index (χ1n) is 9.66. The zero-order chi connectivity index (χ0) is 21.9. The van der Waals surface area contributed by atoms with Crippen LogP contribution in [0.25, 0.3) is 0 Å².